The van der Waals surface area contributed by atoms with E-state index in [1.807, 2.05) is 0 Å². The maximum Gasteiger partial charge on any atom is 0.265 e. The lowest BCUT2D eigenvalue weighted by molar-refractivity contribution is 0.0994. The molecule has 2 amide bonds. The lowest BCUT2D eigenvalue weighted by atomic mass is 10.2. The number of halogens is 1. The zero-order valence-corrected chi connectivity index (χ0v) is 15.4. The number of primary amides is 1. The van der Waals surface area contributed by atoms with Gasteiger partial charge in [0.25, 0.3) is 11.8 Å². The molecule has 0 spiro atoms. The number of aromatic amines is 1. The highest BCUT2D eigenvalue weighted by molar-refractivity contribution is 9.10. The normalized spacial score (nSPS) is 10.5. The Balaban J connectivity index is 1.79. The van der Waals surface area contributed by atoms with E-state index in [2.05, 4.69) is 31.2 Å². The number of nitrogens with two attached hydrogens (primary N) is 1. The van der Waals surface area contributed by atoms with Crippen LogP contribution < -0.4 is 15.8 Å². The number of carbonyl (C=O) groups is 2. The van der Waals surface area contributed by atoms with Gasteiger partial charge in [-0.25, -0.2) is 4.98 Å². The molecular formula is C16H13BrN4O3S. The second-order valence-corrected chi connectivity index (χ2v) is 6.72. The van der Waals surface area contributed by atoms with Gasteiger partial charge in [0, 0.05) is 21.6 Å². The summed E-state index contributed by atoms with van der Waals surface area (Å²) in [7, 11) is 1.54. The van der Waals surface area contributed by atoms with Gasteiger partial charge in [-0.1, -0.05) is 0 Å². The van der Waals surface area contributed by atoms with E-state index in [4.69, 9.17) is 10.5 Å². The van der Waals surface area contributed by atoms with Crippen LogP contribution in [0.1, 0.15) is 20.8 Å². The van der Waals surface area contributed by atoms with E-state index in [1.165, 1.54) is 18.4 Å². The molecule has 25 heavy (non-hydrogen) atoms. The van der Waals surface area contributed by atoms with Crippen LogP contribution in [0.4, 0.5) is 5.13 Å². The quantitative estimate of drug-likeness (QED) is 0.587. The highest BCUT2D eigenvalue weighted by atomic mass is 79.9. The van der Waals surface area contributed by atoms with Crippen molar-refractivity contribution in [2.24, 2.45) is 5.73 Å². The van der Waals surface area contributed by atoms with E-state index in [0.29, 0.717) is 37.9 Å². The van der Waals surface area contributed by atoms with E-state index < -0.39 is 5.91 Å². The van der Waals surface area contributed by atoms with Gasteiger partial charge in [0.05, 0.1) is 18.4 Å². The standard InChI is InChI=1S/C16H13BrN4O3S/c1-24-9-2-3-11(17)10(5-9)15(23)21-16-20-13(7-25-16)8-4-12(14(18)22)19-6-8/h2-7,19H,1H3,(H2,18,22)(H,20,21,23). The van der Waals surface area contributed by atoms with Gasteiger partial charge in [-0.05, 0) is 40.2 Å². The molecule has 4 N–H and O–H groups in total. The number of thiazole rings is 1. The summed E-state index contributed by atoms with van der Waals surface area (Å²) in [4.78, 5) is 30.7. The molecule has 0 aliphatic heterocycles. The maximum absolute atomic E-state index is 12.4. The zero-order chi connectivity index (χ0) is 18.0. The van der Waals surface area contributed by atoms with Crippen LogP contribution in [0.3, 0.4) is 0 Å². The van der Waals surface area contributed by atoms with E-state index in [1.54, 1.807) is 35.8 Å². The number of H-pyrrole nitrogens is 1. The van der Waals surface area contributed by atoms with Crippen LogP contribution in [-0.2, 0) is 0 Å². The van der Waals surface area contributed by atoms with Gasteiger partial charge < -0.3 is 15.5 Å². The smallest absolute Gasteiger partial charge is 0.265 e. The minimum absolute atomic E-state index is 0.300. The topological polar surface area (TPSA) is 110 Å². The number of hydrogen-bond donors (Lipinski definition) is 3. The first-order valence-electron chi connectivity index (χ1n) is 7.07. The Morgan fingerprint density at radius 2 is 2.16 bits per heavy atom. The number of rotatable bonds is 5. The molecule has 7 nitrogen and oxygen atoms in total. The van der Waals surface area contributed by atoms with E-state index in [-0.39, 0.29) is 5.91 Å². The number of carbonyl (C=O) groups excluding carboxylic acids is 2. The molecule has 3 rings (SSSR count). The van der Waals surface area contributed by atoms with Crippen molar-refractivity contribution in [3.63, 3.8) is 0 Å². The third-order valence-corrected chi connectivity index (χ3v) is 4.84. The molecule has 0 aliphatic carbocycles. The summed E-state index contributed by atoms with van der Waals surface area (Å²) in [5, 5.41) is 4.97. The van der Waals surface area contributed by atoms with E-state index >= 15 is 0 Å². The van der Waals surface area contributed by atoms with Crippen LogP contribution in [-0.4, -0.2) is 28.9 Å². The molecule has 2 aromatic heterocycles. The Labute approximate surface area is 155 Å². The van der Waals surface area contributed by atoms with Crippen molar-refractivity contribution in [1.29, 1.82) is 0 Å². The third kappa shape index (κ3) is 3.72. The minimum Gasteiger partial charge on any atom is -0.497 e. The lowest BCUT2D eigenvalue weighted by Gasteiger charge is -2.06. The SMILES string of the molecule is COc1ccc(Br)c(C(=O)Nc2nc(-c3c[nH]c(C(N)=O)c3)cs2)c1. The third-order valence-electron chi connectivity index (χ3n) is 3.39. The predicted molar refractivity (Wildman–Crippen MR) is 99.1 cm³/mol. The highest BCUT2D eigenvalue weighted by Gasteiger charge is 2.15. The fourth-order valence-electron chi connectivity index (χ4n) is 2.12. The summed E-state index contributed by atoms with van der Waals surface area (Å²) >= 11 is 4.63. The number of amides is 2. The number of aromatic nitrogens is 2. The van der Waals surface area contributed by atoms with Crippen LogP contribution in [0.25, 0.3) is 11.3 Å². The summed E-state index contributed by atoms with van der Waals surface area (Å²) in [6, 6.07) is 6.75. The van der Waals surface area contributed by atoms with Crippen LogP contribution >= 0.6 is 27.3 Å². The van der Waals surface area contributed by atoms with Crippen molar-refractivity contribution in [2.75, 3.05) is 12.4 Å². The molecule has 0 radical (unpaired) electrons. The molecule has 0 atom stereocenters. The van der Waals surface area contributed by atoms with Crippen LogP contribution in [0.2, 0.25) is 0 Å². The van der Waals surface area contributed by atoms with Gasteiger partial charge in [-0.15, -0.1) is 11.3 Å². The first-order valence-corrected chi connectivity index (χ1v) is 8.74. The fourth-order valence-corrected chi connectivity index (χ4v) is 3.26. The number of methoxy groups -OCH3 is 1. The molecule has 3 aromatic rings. The molecular weight excluding hydrogens is 408 g/mol. The van der Waals surface area contributed by atoms with Crippen LogP contribution in [0, 0.1) is 0 Å². The second-order valence-electron chi connectivity index (χ2n) is 5.00. The number of ether oxygens (including phenoxy) is 1. The van der Waals surface area contributed by atoms with Gasteiger partial charge in [0.15, 0.2) is 5.13 Å². The molecule has 0 saturated heterocycles. The van der Waals surface area contributed by atoms with Crippen molar-refractivity contribution < 1.29 is 14.3 Å². The van der Waals surface area contributed by atoms with Crippen LogP contribution in [0.15, 0.2) is 40.3 Å². The van der Waals surface area contributed by atoms with Gasteiger partial charge >= 0.3 is 0 Å². The summed E-state index contributed by atoms with van der Waals surface area (Å²) < 4.78 is 5.79. The maximum atomic E-state index is 12.4. The van der Waals surface area contributed by atoms with E-state index in [9.17, 15) is 9.59 Å². The van der Waals surface area contributed by atoms with Crippen molar-refractivity contribution in [3.05, 3.63) is 51.6 Å². The molecule has 2 heterocycles. The molecule has 1 aromatic carbocycles. The fraction of sp³-hybridized carbons (Fsp3) is 0.0625. The average Bonchev–Trinajstić information content (AvgIpc) is 3.24. The van der Waals surface area contributed by atoms with E-state index in [0.717, 1.165) is 0 Å². The number of benzene rings is 1. The van der Waals surface area contributed by atoms with Gasteiger partial charge in [-0.3, -0.25) is 14.9 Å². The average molecular weight is 421 g/mol. The Hall–Kier alpha value is -2.65. The predicted octanol–water partition coefficient (Wildman–Crippen LogP) is 3.26. The summed E-state index contributed by atoms with van der Waals surface area (Å²) in [5.74, 6) is -0.268. The molecule has 0 fully saturated rings. The van der Waals surface area contributed by atoms with Crippen LogP contribution in [0.5, 0.6) is 5.75 Å². The van der Waals surface area contributed by atoms with Crippen molar-refractivity contribution in [3.8, 4) is 17.0 Å². The monoisotopic (exact) mass is 420 g/mol. The summed E-state index contributed by atoms with van der Waals surface area (Å²) in [6.07, 6.45) is 1.64. The molecule has 9 heteroatoms. The first kappa shape index (κ1) is 17.2. The summed E-state index contributed by atoms with van der Waals surface area (Å²) in [6.45, 7) is 0. The Bertz CT molecular complexity index is 951. The summed E-state index contributed by atoms with van der Waals surface area (Å²) in [5.41, 5.74) is 7.31. The second kappa shape index (κ2) is 7.08. The van der Waals surface area contributed by atoms with Crippen molar-refractivity contribution in [2.45, 2.75) is 0 Å². The minimum atomic E-state index is -0.544. The first-order chi connectivity index (χ1) is 12.0. The molecule has 0 unspecified atom stereocenters. The number of hydrogen-bond acceptors (Lipinski definition) is 5. The lowest BCUT2D eigenvalue weighted by Crippen LogP contribution is -2.12. The largest absolute Gasteiger partial charge is 0.497 e. The number of nitrogens with zero attached hydrogens (tertiary/aromatic N) is 1. The van der Waals surface area contributed by atoms with Crippen molar-refractivity contribution >= 4 is 44.2 Å². The zero-order valence-electron chi connectivity index (χ0n) is 13.0. The number of nitrogens with one attached hydrogen (secondary N) is 2. The van der Waals surface area contributed by atoms with Gasteiger partial charge in [0.2, 0.25) is 0 Å². The molecule has 0 aliphatic rings. The molecule has 0 saturated carbocycles. The molecule has 0 bridgehead atoms. The number of anilines is 1. The Morgan fingerprint density at radius 3 is 2.84 bits per heavy atom. The van der Waals surface area contributed by atoms with Gasteiger partial charge in [-0.2, -0.15) is 0 Å². The van der Waals surface area contributed by atoms with Gasteiger partial charge in [0.1, 0.15) is 11.4 Å². The van der Waals surface area contributed by atoms with Crippen molar-refractivity contribution in [1.82, 2.24) is 9.97 Å². The molecule has 128 valence electrons. The Morgan fingerprint density at radius 1 is 1.36 bits per heavy atom. The Kier molecular flexibility index (Phi) is 4.86. The highest BCUT2D eigenvalue weighted by Crippen LogP contribution is 2.27.